The fourth-order valence-corrected chi connectivity index (χ4v) is 1.03. The molecule has 1 rings (SSSR count). The molecule has 0 bridgehead atoms. The maximum absolute atomic E-state index is 12.3. The molecule has 0 radical (unpaired) electrons. The second-order valence-corrected chi connectivity index (χ2v) is 3.19. The number of hydrogen-bond acceptors (Lipinski definition) is 0. The molecular formula is C6H5FIZn. The van der Waals surface area contributed by atoms with Gasteiger partial charge in [0.25, 0.3) is 0 Å². The van der Waals surface area contributed by atoms with Crippen molar-refractivity contribution in [3.05, 3.63) is 30.1 Å². The minimum Gasteiger partial charge on any atom is -0.107 e. The van der Waals surface area contributed by atoms with Crippen LogP contribution in [0.1, 0.15) is 0 Å². The molecule has 0 saturated heterocycles. The molecule has 0 nitrogen and oxygen atoms in total. The minimum absolute atomic E-state index is 0. The van der Waals surface area contributed by atoms with Gasteiger partial charge in [-0.3, -0.25) is 0 Å². The summed E-state index contributed by atoms with van der Waals surface area (Å²) in [7, 11) is 0. The zero-order valence-electron chi connectivity index (χ0n) is 4.80. The summed E-state index contributed by atoms with van der Waals surface area (Å²) in [6.45, 7) is 0. The third-order valence-corrected chi connectivity index (χ3v) is 2.16. The van der Waals surface area contributed by atoms with E-state index >= 15 is 0 Å². The summed E-state index contributed by atoms with van der Waals surface area (Å²) in [6, 6.07) is 6.84. The van der Waals surface area contributed by atoms with Crippen LogP contribution in [0.5, 0.6) is 0 Å². The zero-order valence-corrected chi connectivity index (χ0v) is 10.1. The Morgan fingerprint density at radius 2 is 1.78 bits per heavy atom. The van der Waals surface area contributed by atoms with Crippen molar-refractivity contribution in [1.82, 2.24) is 0 Å². The molecule has 0 fully saturated rings. The smallest absolute Gasteiger partial charge is 0.107 e. The summed E-state index contributed by atoms with van der Waals surface area (Å²) in [5, 5.41) is 0. The topological polar surface area (TPSA) is 0 Å². The molecule has 3 heteroatoms. The predicted octanol–water partition coefficient (Wildman–Crippen LogP) is 1.62. The van der Waals surface area contributed by atoms with Gasteiger partial charge in [0.2, 0.25) is 0 Å². The third-order valence-electron chi connectivity index (χ3n) is 0.958. The Balaban J connectivity index is 0.000000640. The summed E-state index contributed by atoms with van der Waals surface area (Å²) >= 11 is 0.896. The van der Waals surface area contributed by atoms with E-state index < -0.39 is 0 Å². The molecule has 0 heterocycles. The first-order valence-corrected chi connectivity index (χ1v) is 3.85. The molecule has 0 aliphatic heterocycles. The number of halogens is 2. The van der Waals surface area contributed by atoms with Crippen molar-refractivity contribution in [3.63, 3.8) is 0 Å². The van der Waals surface area contributed by atoms with Crippen LogP contribution >= 0.6 is 24.0 Å². The molecule has 9 heavy (non-hydrogen) atoms. The van der Waals surface area contributed by atoms with Gasteiger partial charge in [-0.2, -0.15) is 0 Å². The van der Waals surface area contributed by atoms with Gasteiger partial charge in [0.1, 0.15) is 0 Å². The SMILES string of the molecule is Fc1cccc[c]1[Zn].I. The zero-order chi connectivity index (χ0) is 5.98. The van der Waals surface area contributed by atoms with E-state index in [2.05, 4.69) is 0 Å². The molecule has 0 spiro atoms. The second-order valence-electron chi connectivity index (χ2n) is 1.59. The molecule has 0 unspecified atom stereocenters. The van der Waals surface area contributed by atoms with Crippen LogP contribution in [0.25, 0.3) is 0 Å². The van der Waals surface area contributed by atoms with E-state index in [1.807, 2.05) is 6.07 Å². The van der Waals surface area contributed by atoms with E-state index in [1.54, 1.807) is 12.1 Å². The average molecular weight is 288 g/mol. The fourth-order valence-electron chi connectivity index (χ4n) is 0.498. The predicted molar refractivity (Wildman–Crippen MR) is 41.4 cm³/mol. The van der Waals surface area contributed by atoms with Crippen molar-refractivity contribution in [2.45, 2.75) is 0 Å². The Hall–Kier alpha value is 0.503. The standard InChI is InChI=1S/C6H4F.HI.Zn/c7-6-4-2-1-3-5-6;;/h1-4H;1H;. The monoisotopic (exact) mass is 287 g/mol. The third kappa shape index (κ3) is 2.72. The fraction of sp³-hybridized carbons (Fsp3) is 0. The Kier molecular flexibility index (Phi) is 4.58. The van der Waals surface area contributed by atoms with Gasteiger partial charge in [-0.25, -0.2) is 0 Å². The van der Waals surface area contributed by atoms with Gasteiger partial charge in [-0.15, -0.1) is 24.0 Å². The first-order chi connectivity index (χ1) is 3.80. The molecule has 0 N–H and O–H groups in total. The number of benzene rings is 1. The first-order valence-electron chi connectivity index (χ1n) is 2.37. The van der Waals surface area contributed by atoms with Gasteiger partial charge >= 0.3 is 56.9 Å². The van der Waals surface area contributed by atoms with Crippen LogP contribution in [0.3, 0.4) is 0 Å². The summed E-state index contributed by atoms with van der Waals surface area (Å²) < 4.78 is 13.2. The van der Waals surface area contributed by atoms with E-state index in [0.29, 0.717) is 0 Å². The van der Waals surface area contributed by atoms with Crippen LogP contribution in [-0.2, 0) is 18.3 Å². The molecule has 1 aromatic rings. The molecule has 45 valence electrons. The summed E-state index contributed by atoms with van der Waals surface area (Å²) in [4.78, 5) is 0. The Labute approximate surface area is 80.5 Å². The molecule has 0 atom stereocenters. The van der Waals surface area contributed by atoms with Crippen molar-refractivity contribution >= 4 is 28.1 Å². The maximum atomic E-state index is 12.3. The van der Waals surface area contributed by atoms with Crippen molar-refractivity contribution < 1.29 is 22.7 Å². The first kappa shape index (κ1) is 9.50. The summed E-state index contributed by atoms with van der Waals surface area (Å²) in [6.07, 6.45) is 0. The molecule has 0 aromatic heterocycles. The summed E-state index contributed by atoms with van der Waals surface area (Å²) in [5.74, 6) is -0.0764. The van der Waals surface area contributed by atoms with E-state index in [-0.39, 0.29) is 29.8 Å². The normalized spacial score (nSPS) is 8.33. The quantitative estimate of drug-likeness (QED) is 0.503. The number of rotatable bonds is 0. The van der Waals surface area contributed by atoms with Crippen LogP contribution in [0, 0.1) is 5.82 Å². The van der Waals surface area contributed by atoms with Gasteiger partial charge in [-0.1, -0.05) is 0 Å². The number of hydrogen-bond donors (Lipinski definition) is 0. The maximum Gasteiger partial charge on any atom is -0.107 e. The van der Waals surface area contributed by atoms with Gasteiger partial charge in [0.05, 0.1) is 0 Å². The molecule has 0 aliphatic rings. The van der Waals surface area contributed by atoms with E-state index in [1.165, 1.54) is 6.07 Å². The van der Waals surface area contributed by atoms with Gasteiger partial charge < -0.3 is 0 Å². The Morgan fingerprint density at radius 1 is 1.22 bits per heavy atom. The molecule has 0 saturated carbocycles. The van der Waals surface area contributed by atoms with Crippen LogP contribution in [0.2, 0.25) is 0 Å². The van der Waals surface area contributed by atoms with Crippen molar-refractivity contribution in [3.8, 4) is 0 Å². The van der Waals surface area contributed by atoms with E-state index in [0.717, 1.165) is 22.5 Å². The van der Waals surface area contributed by atoms with E-state index in [4.69, 9.17) is 0 Å². The molecule has 0 aliphatic carbocycles. The van der Waals surface area contributed by atoms with Gasteiger partial charge in [-0.05, 0) is 0 Å². The molecule has 0 amide bonds. The van der Waals surface area contributed by atoms with E-state index in [9.17, 15) is 4.39 Å². The Bertz CT molecular complexity index is 169. The summed E-state index contributed by atoms with van der Waals surface area (Å²) in [5.41, 5.74) is 0. The van der Waals surface area contributed by atoms with Crippen LogP contribution in [0.4, 0.5) is 4.39 Å². The van der Waals surface area contributed by atoms with Crippen molar-refractivity contribution in [1.29, 1.82) is 0 Å². The largest absolute Gasteiger partial charge is 0.107 e. The Morgan fingerprint density at radius 3 is 2.11 bits per heavy atom. The van der Waals surface area contributed by atoms with Gasteiger partial charge in [0.15, 0.2) is 0 Å². The van der Waals surface area contributed by atoms with Gasteiger partial charge in [0, 0.05) is 0 Å². The van der Waals surface area contributed by atoms with Crippen LogP contribution in [0.15, 0.2) is 24.3 Å². The molecule has 1 aromatic carbocycles. The molecular weight excluding hydrogens is 283 g/mol. The second kappa shape index (κ2) is 4.34. The minimum atomic E-state index is -0.0764. The van der Waals surface area contributed by atoms with Crippen LogP contribution < -0.4 is 4.16 Å². The average Bonchev–Trinajstić information content (AvgIpc) is 1.77. The van der Waals surface area contributed by atoms with Crippen molar-refractivity contribution in [2.75, 3.05) is 0 Å². The van der Waals surface area contributed by atoms with Crippen molar-refractivity contribution in [2.24, 2.45) is 0 Å². The van der Waals surface area contributed by atoms with Crippen LogP contribution in [-0.4, -0.2) is 0 Å².